The predicted molar refractivity (Wildman–Crippen MR) is 97.1 cm³/mol. The summed E-state index contributed by atoms with van der Waals surface area (Å²) in [4.78, 5) is 0. The Balaban J connectivity index is 1.96. The van der Waals surface area contributed by atoms with E-state index in [1.807, 2.05) is 18.2 Å². The van der Waals surface area contributed by atoms with Gasteiger partial charge in [0, 0.05) is 15.6 Å². The molecule has 1 aliphatic carbocycles. The number of methoxy groups -OCH3 is 2. The summed E-state index contributed by atoms with van der Waals surface area (Å²) >= 11 is 9.55. The number of aliphatic hydroxyl groups excluding tert-OH is 1. The molecule has 4 nitrogen and oxygen atoms in total. The fraction of sp³-hybridized carbons (Fsp3) is 0.222. The maximum atomic E-state index is 10.8. The highest BCUT2D eigenvalue weighted by Crippen LogP contribution is 2.42. The molecule has 24 heavy (non-hydrogen) atoms. The van der Waals surface area contributed by atoms with E-state index in [1.165, 1.54) is 0 Å². The van der Waals surface area contributed by atoms with E-state index in [0.717, 1.165) is 10.0 Å². The fourth-order valence-electron chi connectivity index (χ4n) is 2.71. The van der Waals surface area contributed by atoms with E-state index in [4.69, 9.17) is 25.8 Å². The Morgan fingerprint density at radius 2 is 1.71 bits per heavy atom. The standard InChI is InChI=1S/C18H16BrClO4/c1-22-13-7-8-15(23-2)17-11(13)4-6-16(18(17)21)24-14-5-3-10(19)9-12(14)20/h3-9,16,18,21H,1-2H3/t16-,18+/m0/s1. The maximum Gasteiger partial charge on any atom is 0.147 e. The Morgan fingerprint density at radius 3 is 2.38 bits per heavy atom. The van der Waals surface area contributed by atoms with Crippen LogP contribution in [-0.2, 0) is 0 Å². The Labute approximate surface area is 153 Å². The molecule has 0 heterocycles. The monoisotopic (exact) mass is 410 g/mol. The molecule has 2 atom stereocenters. The number of halogens is 2. The van der Waals surface area contributed by atoms with E-state index in [9.17, 15) is 5.11 Å². The SMILES string of the molecule is COc1ccc(OC)c2c1C=C[C@H](Oc1ccc(Br)cc1Cl)[C@H]2O. The van der Waals surface area contributed by atoms with Crippen LogP contribution in [0.1, 0.15) is 17.2 Å². The second kappa shape index (κ2) is 7.05. The summed E-state index contributed by atoms with van der Waals surface area (Å²) in [7, 11) is 3.15. The molecule has 0 bridgehead atoms. The zero-order valence-electron chi connectivity index (χ0n) is 13.1. The van der Waals surface area contributed by atoms with Crippen molar-refractivity contribution in [3.63, 3.8) is 0 Å². The molecule has 0 spiro atoms. The summed E-state index contributed by atoms with van der Waals surface area (Å²) in [5, 5.41) is 11.3. The summed E-state index contributed by atoms with van der Waals surface area (Å²) in [6.07, 6.45) is 2.15. The summed E-state index contributed by atoms with van der Waals surface area (Å²) in [5.74, 6) is 1.75. The molecule has 126 valence electrons. The molecule has 2 aromatic rings. The Hall–Kier alpha value is -1.69. The number of aliphatic hydroxyl groups is 1. The van der Waals surface area contributed by atoms with Gasteiger partial charge in [-0.2, -0.15) is 0 Å². The Bertz CT molecular complexity index is 791. The fourth-order valence-corrected chi connectivity index (χ4v) is 3.43. The third kappa shape index (κ3) is 3.11. The molecular weight excluding hydrogens is 396 g/mol. The van der Waals surface area contributed by atoms with Gasteiger partial charge in [0.15, 0.2) is 0 Å². The van der Waals surface area contributed by atoms with Gasteiger partial charge in [0.2, 0.25) is 0 Å². The van der Waals surface area contributed by atoms with Crippen molar-refractivity contribution in [2.24, 2.45) is 0 Å². The highest BCUT2D eigenvalue weighted by molar-refractivity contribution is 9.10. The number of hydrogen-bond acceptors (Lipinski definition) is 4. The van der Waals surface area contributed by atoms with Crippen LogP contribution in [0.25, 0.3) is 6.08 Å². The molecule has 0 amide bonds. The molecule has 0 saturated carbocycles. The zero-order valence-corrected chi connectivity index (χ0v) is 15.5. The van der Waals surface area contributed by atoms with Crippen molar-refractivity contribution in [1.29, 1.82) is 0 Å². The highest BCUT2D eigenvalue weighted by Gasteiger charge is 2.31. The van der Waals surface area contributed by atoms with Gasteiger partial charge in [-0.1, -0.05) is 33.6 Å². The molecule has 0 fully saturated rings. The van der Waals surface area contributed by atoms with Gasteiger partial charge < -0.3 is 19.3 Å². The highest BCUT2D eigenvalue weighted by atomic mass is 79.9. The molecule has 0 unspecified atom stereocenters. The Morgan fingerprint density at radius 1 is 1.04 bits per heavy atom. The summed E-state index contributed by atoms with van der Waals surface area (Å²) < 4.78 is 17.5. The van der Waals surface area contributed by atoms with Crippen LogP contribution in [0.3, 0.4) is 0 Å². The molecule has 0 aliphatic heterocycles. The van der Waals surface area contributed by atoms with E-state index in [1.54, 1.807) is 38.5 Å². The summed E-state index contributed by atoms with van der Waals surface area (Å²) in [6.45, 7) is 0. The smallest absolute Gasteiger partial charge is 0.147 e. The first kappa shape index (κ1) is 17.1. The lowest BCUT2D eigenvalue weighted by Crippen LogP contribution is -2.26. The van der Waals surface area contributed by atoms with Gasteiger partial charge in [-0.25, -0.2) is 0 Å². The molecule has 2 aromatic carbocycles. The largest absolute Gasteiger partial charge is 0.496 e. The second-order valence-electron chi connectivity index (χ2n) is 5.26. The van der Waals surface area contributed by atoms with Crippen molar-refractivity contribution in [1.82, 2.24) is 0 Å². The van der Waals surface area contributed by atoms with Gasteiger partial charge in [-0.3, -0.25) is 0 Å². The van der Waals surface area contributed by atoms with Gasteiger partial charge >= 0.3 is 0 Å². The summed E-state index contributed by atoms with van der Waals surface area (Å²) in [5.41, 5.74) is 1.42. The minimum Gasteiger partial charge on any atom is -0.496 e. The van der Waals surface area contributed by atoms with Crippen LogP contribution in [0.5, 0.6) is 17.2 Å². The van der Waals surface area contributed by atoms with Crippen LogP contribution >= 0.6 is 27.5 Å². The van der Waals surface area contributed by atoms with Crippen LogP contribution in [0.2, 0.25) is 5.02 Å². The predicted octanol–water partition coefficient (Wildman–Crippen LogP) is 4.63. The van der Waals surface area contributed by atoms with Crippen molar-refractivity contribution < 1.29 is 19.3 Å². The van der Waals surface area contributed by atoms with E-state index in [-0.39, 0.29) is 0 Å². The zero-order chi connectivity index (χ0) is 17.3. The van der Waals surface area contributed by atoms with Gasteiger partial charge in [0.1, 0.15) is 29.5 Å². The third-order valence-corrected chi connectivity index (χ3v) is 4.65. The minimum absolute atomic E-state index is 0.466. The van der Waals surface area contributed by atoms with Gasteiger partial charge in [-0.15, -0.1) is 0 Å². The van der Waals surface area contributed by atoms with Gasteiger partial charge in [-0.05, 0) is 36.4 Å². The van der Waals surface area contributed by atoms with Crippen molar-refractivity contribution >= 4 is 33.6 Å². The molecule has 0 radical (unpaired) electrons. The van der Waals surface area contributed by atoms with E-state index < -0.39 is 12.2 Å². The lowest BCUT2D eigenvalue weighted by atomic mass is 9.91. The minimum atomic E-state index is -0.908. The van der Waals surface area contributed by atoms with Crippen LogP contribution in [0.15, 0.2) is 40.9 Å². The molecule has 0 aromatic heterocycles. The quantitative estimate of drug-likeness (QED) is 0.797. The van der Waals surface area contributed by atoms with E-state index in [2.05, 4.69) is 15.9 Å². The average molecular weight is 412 g/mol. The molecule has 6 heteroatoms. The number of rotatable bonds is 4. The molecule has 1 N–H and O–H groups in total. The Kier molecular flexibility index (Phi) is 5.04. The van der Waals surface area contributed by atoms with Crippen molar-refractivity contribution in [2.75, 3.05) is 14.2 Å². The molecule has 0 saturated heterocycles. The van der Waals surface area contributed by atoms with Crippen LogP contribution < -0.4 is 14.2 Å². The molecule has 1 aliphatic rings. The molecular formula is C18H16BrClO4. The average Bonchev–Trinajstić information content (AvgIpc) is 2.58. The van der Waals surface area contributed by atoms with Crippen LogP contribution in [0, 0.1) is 0 Å². The normalized spacial score (nSPS) is 18.9. The first-order valence-electron chi connectivity index (χ1n) is 7.28. The van der Waals surface area contributed by atoms with Crippen LogP contribution in [-0.4, -0.2) is 25.4 Å². The molecule has 3 rings (SSSR count). The number of ether oxygens (including phenoxy) is 3. The first-order valence-corrected chi connectivity index (χ1v) is 8.45. The third-order valence-electron chi connectivity index (χ3n) is 3.86. The topological polar surface area (TPSA) is 47.9 Å². The number of benzene rings is 2. The van der Waals surface area contributed by atoms with Gasteiger partial charge in [0.25, 0.3) is 0 Å². The summed E-state index contributed by atoms with van der Waals surface area (Å²) in [6, 6.07) is 8.90. The second-order valence-corrected chi connectivity index (χ2v) is 6.58. The first-order chi connectivity index (χ1) is 11.5. The maximum absolute atomic E-state index is 10.8. The van der Waals surface area contributed by atoms with Crippen molar-refractivity contribution in [3.05, 3.63) is 57.0 Å². The van der Waals surface area contributed by atoms with Crippen molar-refractivity contribution in [2.45, 2.75) is 12.2 Å². The number of fused-ring (bicyclic) bond motifs is 1. The van der Waals surface area contributed by atoms with E-state index in [0.29, 0.717) is 27.8 Å². The lowest BCUT2D eigenvalue weighted by molar-refractivity contribution is 0.0602. The van der Waals surface area contributed by atoms with Crippen molar-refractivity contribution in [3.8, 4) is 17.2 Å². The number of hydrogen-bond donors (Lipinski definition) is 1. The van der Waals surface area contributed by atoms with Crippen LogP contribution in [0.4, 0.5) is 0 Å². The lowest BCUT2D eigenvalue weighted by Gasteiger charge is -2.29. The van der Waals surface area contributed by atoms with E-state index >= 15 is 0 Å². The van der Waals surface area contributed by atoms with Gasteiger partial charge in [0.05, 0.1) is 19.2 Å².